The molecule has 4 rings (SSSR count). The SMILES string of the molecule is COCCN1C(=O)C[C@H](C(=O)N2CCCc3occc3C2)[C@H]1c1nccn1C. The summed E-state index contributed by atoms with van der Waals surface area (Å²) in [5.41, 5.74) is 1.06. The first-order valence-corrected chi connectivity index (χ1v) is 9.69. The van der Waals surface area contributed by atoms with Crippen LogP contribution >= 0.6 is 0 Å². The molecule has 0 bridgehead atoms. The van der Waals surface area contributed by atoms with Gasteiger partial charge in [-0.25, -0.2) is 4.98 Å². The summed E-state index contributed by atoms with van der Waals surface area (Å²) in [5, 5.41) is 0. The summed E-state index contributed by atoms with van der Waals surface area (Å²) >= 11 is 0. The number of carbonyl (C=O) groups excluding carboxylic acids is 2. The monoisotopic (exact) mass is 386 g/mol. The number of aryl methyl sites for hydroxylation is 2. The highest BCUT2D eigenvalue weighted by Crippen LogP contribution is 2.39. The van der Waals surface area contributed by atoms with Crippen molar-refractivity contribution in [3.63, 3.8) is 0 Å². The zero-order valence-electron chi connectivity index (χ0n) is 16.3. The standard InChI is InChI=1S/C20H26N4O4/c1-22-8-6-21-19(22)18-15(12-17(25)24(18)9-11-27-2)20(26)23-7-3-4-16-14(13-23)5-10-28-16/h5-6,8,10,15,18H,3-4,7,9,11-13H2,1-2H3/t15-,18-/m0/s1. The molecule has 0 saturated carbocycles. The first-order chi connectivity index (χ1) is 13.6. The Bertz CT molecular complexity index is 858. The summed E-state index contributed by atoms with van der Waals surface area (Å²) in [7, 11) is 3.50. The highest BCUT2D eigenvalue weighted by molar-refractivity contribution is 5.90. The second kappa shape index (κ2) is 7.79. The summed E-state index contributed by atoms with van der Waals surface area (Å²) in [6, 6.07) is 1.56. The largest absolute Gasteiger partial charge is 0.469 e. The number of hydrogen-bond acceptors (Lipinski definition) is 5. The molecule has 2 aliphatic rings. The van der Waals surface area contributed by atoms with Crippen LogP contribution in [0.25, 0.3) is 0 Å². The van der Waals surface area contributed by atoms with Crippen molar-refractivity contribution < 1.29 is 18.7 Å². The minimum absolute atomic E-state index is 0.00955. The molecule has 2 aliphatic heterocycles. The Kier molecular flexibility index (Phi) is 5.21. The lowest BCUT2D eigenvalue weighted by atomic mass is 9.97. The molecule has 0 unspecified atom stereocenters. The van der Waals surface area contributed by atoms with Crippen molar-refractivity contribution in [3.05, 3.63) is 41.9 Å². The molecule has 150 valence electrons. The highest BCUT2D eigenvalue weighted by atomic mass is 16.5. The Labute approximate surface area is 164 Å². The number of hydrogen-bond donors (Lipinski definition) is 0. The summed E-state index contributed by atoms with van der Waals surface area (Å²) in [4.78, 5) is 34.4. The molecular formula is C20H26N4O4. The van der Waals surface area contributed by atoms with Crippen molar-refractivity contribution in [3.8, 4) is 0 Å². The third kappa shape index (κ3) is 3.32. The molecule has 0 N–H and O–H groups in total. The number of fused-ring (bicyclic) bond motifs is 1. The van der Waals surface area contributed by atoms with Gasteiger partial charge in [-0.15, -0.1) is 0 Å². The van der Waals surface area contributed by atoms with Crippen molar-refractivity contribution in [2.75, 3.05) is 26.8 Å². The molecule has 4 heterocycles. The average Bonchev–Trinajstić information content (AvgIpc) is 3.35. The van der Waals surface area contributed by atoms with Gasteiger partial charge in [-0.2, -0.15) is 0 Å². The van der Waals surface area contributed by atoms with Crippen molar-refractivity contribution in [2.24, 2.45) is 13.0 Å². The van der Waals surface area contributed by atoms with Crippen LogP contribution in [0.4, 0.5) is 0 Å². The highest BCUT2D eigenvalue weighted by Gasteiger charge is 2.47. The van der Waals surface area contributed by atoms with Gasteiger partial charge < -0.3 is 23.5 Å². The summed E-state index contributed by atoms with van der Waals surface area (Å²) in [6.45, 7) is 2.07. The van der Waals surface area contributed by atoms with Gasteiger partial charge >= 0.3 is 0 Å². The maximum Gasteiger partial charge on any atom is 0.229 e. The Hall–Kier alpha value is -2.61. The number of likely N-dealkylation sites (tertiary alicyclic amines) is 1. The van der Waals surface area contributed by atoms with Crippen LogP contribution in [0.15, 0.2) is 29.1 Å². The first-order valence-electron chi connectivity index (χ1n) is 9.69. The van der Waals surface area contributed by atoms with Crippen molar-refractivity contribution >= 4 is 11.8 Å². The van der Waals surface area contributed by atoms with Gasteiger partial charge in [0, 0.05) is 64.6 Å². The zero-order valence-corrected chi connectivity index (χ0v) is 16.3. The fourth-order valence-corrected chi connectivity index (χ4v) is 4.31. The van der Waals surface area contributed by atoms with Crippen LogP contribution in [-0.4, -0.2) is 58.0 Å². The van der Waals surface area contributed by atoms with Gasteiger partial charge in [0.2, 0.25) is 11.8 Å². The second-order valence-electron chi connectivity index (χ2n) is 7.46. The molecule has 28 heavy (non-hydrogen) atoms. The number of methoxy groups -OCH3 is 1. The molecule has 0 aliphatic carbocycles. The molecule has 1 fully saturated rings. The van der Waals surface area contributed by atoms with E-state index in [1.807, 2.05) is 28.8 Å². The molecular weight excluding hydrogens is 360 g/mol. The molecule has 0 radical (unpaired) electrons. The van der Waals surface area contributed by atoms with Crippen LogP contribution in [-0.2, 0) is 34.3 Å². The molecule has 2 amide bonds. The second-order valence-corrected chi connectivity index (χ2v) is 7.46. The van der Waals surface area contributed by atoms with Gasteiger partial charge in [-0.3, -0.25) is 9.59 Å². The molecule has 8 heteroatoms. The fourth-order valence-electron chi connectivity index (χ4n) is 4.31. The zero-order chi connectivity index (χ0) is 19.7. The summed E-state index contributed by atoms with van der Waals surface area (Å²) < 4.78 is 12.6. The van der Waals surface area contributed by atoms with E-state index in [-0.39, 0.29) is 24.3 Å². The molecule has 0 aromatic carbocycles. The van der Waals surface area contributed by atoms with E-state index >= 15 is 0 Å². The Morgan fingerprint density at radius 3 is 3.04 bits per heavy atom. The van der Waals surface area contributed by atoms with Crippen LogP contribution in [0.3, 0.4) is 0 Å². The lowest BCUT2D eigenvalue weighted by Crippen LogP contribution is -2.40. The van der Waals surface area contributed by atoms with E-state index in [1.165, 1.54) is 0 Å². The van der Waals surface area contributed by atoms with Gasteiger partial charge in [0.25, 0.3) is 0 Å². The van der Waals surface area contributed by atoms with E-state index in [9.17, 15) is 9.59 Å². The van der Waals surface area contributed by atoms with E-state index in [0.717, 1.165) is 30.0 Å². The van der Waals surface area contributed by atoms with Crippen molar-refractivity contribution in [1.29, 1.82) is 0 Å². The maximum atomic E-state index is 13.5. The predicted molar refractivity (Wildman–Crippen MR) is 100 cm³/mol. The topological polar surface area (TPSA) is 80.8 Å². The number of ether oxygens (including phenoxy) is 1. The number of furan rings is 1. The van der Waals surface area contributed by atoms with E-state index < -0.39 is 5.92 Å². The molecule has 0 spiro atoms. The quantitative estimate of drug-likeness (QED) is 0.778. The van der Waals surface area contributed by atoms with Crippen LogP contribution in [0.2, 0.25) is 0 Å². The van der Waals surface area contributed by atoms with Crippen LogP contribution < -0.4 is 0 Å². The van der Waals surface area contributed by atoms with Gasteiger partial charge in [-0.05, 0) is 12.5 Å². The lowest BCUT2D eigenvalue weighted by Gasteiger charge is -2.30. The van der Waals surface area contributed by atoms with E-state index in [0.29, 0.717) is 26.2 Å². The van der Waals surface area contributed by atoms with E-state index in [1.54, 1.807) is 24.5 Å². The van der Waals surface area contributed by atoms with Crippen molar-refractivity contribution in [1.82, 2.24) is 19.4 Å². The molecule has 2 aromatic rings. The number of nitrogens with zero attached hydrogens (tertiary/aromatic N) is 4. The summed E-state index contributed by atoms with van der Waals surface area (Å²) in [6.07, 6.45) is 7.12. The Morgan fingerprint density at radius 2 is 2.29 bits per heavy atom. The van der Waals surface area contributed by atoms with Crippen molar-refractivity contribution in [2.45, 2.75) is 31.8 Å². The third-order valence-electron chi connectivity index (χ3n) is 5.75. The van der Waals surface area contributed by atoms with Crippen LogP contribution in [0.1, 0.15) is 36.0 Å². The number of imidazole rings is 1. The van der Waals surface area contributed by atoms with Gasteiger partial charge in [0.15, 0.2) is 0 Å². The maximum absolute atomic E-state index is 13.5. The van der Waals surface area contributed by atoms with Gasteiger partial charge in [0.05, 0.1) is 18.8 Å². The predicted octanol–water partition coefficient (Wildman–Crippen LogP) is 1.52. The fraction of sp³-hybridized carbons (Fsp3) is 0.550. The van der Waals surface area contributed by atoms with Crippen LogP contribution in [0, 0.1) is 5.92 Å². The summed E-state index contributed by atoms with van der Waals surface area (Å²) in [5.74, 6) is 1.23. The van der Waals surface area contributed by atoms with Crippen LogP contribution in [0.5, 0.6) is 0 Å². The molecule has 8 nitrogen and oxygen atoms in total. The number of amides is 2. The minimum atomic E-state index is -0.445. The first kappa shape index (κ1) is 18.7. The van der Waals surface area contributed by atoms with E-state index in [4.69, 9.17) is 9.15 Å². The van der Waals surface area contributed by atoms with E-state index in [2.05, 4.69) is 4.98 Å². The molecule has 2 aromatic heterocycles. The lowest BCUT2D eigenvalue weighted by molar-refractivity contribution is -0.137. The third-order valence-corrected chi connectivity index (χ3v) is 5.75. The Balaban J connectivity index is 1.62. The smallest absolute Gasteiger partial charge is 0.229 e. The average molecular weight is 386 g/mol. The number of carbonyl (C=O) groups is 2. The number of aromatic nitrogens is 2. The molecule has 2 atom stereocenters. The Morgan fingerprint density at radius 1 is 1.43 bits per heavy atom. The minimum Gasteiger partial charge on any atom is -0.469 e. The molecule has 1 saturated heterocycles. The number of rotatable bonds is 5. The van der Waals surface area contributed by atoms with Gasteiger partial charge in [0.1, 0.15) is 17.6 Å². The normalized spacial score (nSPS) is 22.4. The van der Waals surface area contributed by atoms with Gasteiger partial charge in [-0.1, -0.05) is 0 Å².